The number of rotatable bonds is 6. The molecule has 1 saturated heterocycles. The summed E-state index contributed by atoms with van der Waals surface area (Å²) in [6, 6.07) is 4.72. The lowest BCUT2D eigenvalue weighted by molar-refractivity contribution is -0.149. The Morgan fingerprint density at radius 2 is 1.91 bits per heavy atom. The van der Waals surface area contributed by atoms with Gasteiger partial charge in [0.2, 0.25) is 5.67 Å². The van der Waals surface area contributed by atoms with Crippen molar-refractivity contribution in [1.29, 1.82) is 0 Å². The number of hydrogen-bond donors (Lipinski definition) is 1. The molecule has 0 radical (unpaired) electrons. The van der Waals surface area contributed by atoms with Crippen LogP contribution in [0.3, 0.4) is 0 Å². The summed E-state index contributed by atoms with van der Waals surface area (Å²) in [5.41, 5.74) is -2.06. The molecular weight excluding hydrogens is 305 g/mol. The van der Waals surface area contributed by atoms with Gasteiger partial charge in [-0.05, 0) is 32.0 Å². The number of benzene rings is 1. The van der Waals surface area contributed by atoms with Crippen molar-refractivity contribution < 1.29 is 28.6 Å². The predicted octanol–water partition coefficient (Wildman–Crippen LogP) is 2.12. The van der Waals surface area contributed by atoms with E-state index >= 15 is 0 Å². The van der Waals surface area contributed by atoms with Gasteiger partial charge in [0.1, 0.15) is 0 Å². The third kappa shape index (κ3) is 3.55. The fourth-order valence-corrected chi connectivity index (χ4v) is 2.49. The van der Waals surface area contributed by atoms with Crippen molar-refractivity contribution in [3.05, 3.63) is 23.8 Å². The van der Waals surface area contributed by atoms with Crippen LogP contribution < -0.4 is 9.47 Å². The maximum absolute atomic E-state index is 14.1. The summed E-state index contributed by atoms with van der Waals surface area (Å²) in [6.45, 7) is 4.15. The first-order chi connectivity index (χ1) is 10.9. The number of alkyl halides is 1. The minimum atomic E-state index is -2.37. The van der Waals surface area contributed by atoms with Gasteiger partial charge in [-0.15, -0.1) is 0 Å². The number of halogens is 1. The molecule has 1 aromatic rings. The average molecular weight is 325 g/mol. The Morgan fingerprint density at radius 1 is 1.26 bits per heavy atom. The molecule has 1 N–H and O–H groups in total. The Labute approximate surface area is 133 Å². The van der Waals surface area contributed by atoms with Gasteiger partial charge in [0, 0.05) is 18.5 Å². The highest BCUT2D eigenvalue weighted by atomic mass is 19.1. The first-order valence-corrected chi connectivity index (χ1v) is 7.52. The third-order valence-corrected chi connectivity index (χ3v) is 3.68. The predicted molar refractivity (Wildman–Crippen MR) is 80.8 cm³/mol. The fourth-order valence-electron chi connectivity index (χ4n) is 2.49. The van der Waals surface area contributed by atoms with Crippen LogP contribution in [0.25, 0.3) is 0 Å². The van der Waals surface area contributed by atoms with Crippen molar-refractivity contribution in [3.63, 3.8) is 0 Å². The molecule has 1 heterocycles. The van der Waals surface area contributed by atoms with E-state index in [2.05, 4.69) is 0 Å². The van der Waals surface area contributed by atoms with Crippen molar-refractivity contribution in [2.75, 3.05) is 26.3 Å². The highest BCUT2D eigenvalue weighted by molar-refractivity contribution is 5.96. The number of aliphatic carboxylic acids is 1. The molecule has 0 spiro atoms. The molecule has 1 aromatic carbocycles. The monoisotopic (exact) mass is 325 g/mol. The van der Waals surface area contributed by atoms with Crippen LogP contribution in [0.4, 0.5) is 4.39 Å². The summed E-state index contributed by atoms with van der Waals surface area (Å²) < 4.78 is 25.0. The molecule has 23 heavy (non-hydrogen) atoms. The molecule has 0 aromatic heterocycles. The molecule has 1 amide bonds. The van der Waals surface area contributed by atoms with Gasteiger partial charge in [0.05, 0.1) is 19.8 Å². The van der Waals surface area contributed by atoms with E-state index in [1.165, 1.54) is 11.0 Å². The van der Waals surface area contributed by atoms with Crippen LogP contribution in [0.15, 0.2) is 18.2 Å². The summed E-state index contributed by atoms with van der Waals surface area (Å²) in [7, 11) is 0. The van der Waals surface area contributed by atoms with Gasteiger partial charge in [-0.25, -0.2) is 9.18 Å². The molecule has 0 bridgehead atoms. The quantitative estimate of drug-likeness (QED) is 0.867. The van der Waals surface area contributed by atoms with Crippen LogP contribution in [0.5, 0.6) is 11.5 Å². The van der Waals surface area contributed by atoms with Gasteiger partial charge < -0.3 is 19.5 Å². The van der Waals surface area contributed by atoms with Crippen molar-refractivity contribution in [3.8, 4) is 11.5 Å². The standard InChI is InChI=1S/C16H20FNO5/c1-3-22-12-6-5-11(9-13(12)23-4-2)14(19)18-8-7-16(17,10-18)15(20)21/h5-6,9H,3-4,7-8,10H2,1-2H3,(H,20,21). The second kappa shape index (κ2) is 6.85. The van der Waals surface area contributed by atoms with Crippen molar-refractivity contribution >= 4 is 11.9 Å². The van der Waals surface area contributed by atoms with E-state index in [1.54, 1.807) is 12.1 Å². The van der Waals surface area contributed by atoms with Crippen LogP contribution in [0.2, 0.25) is 0 Å². The summed E-state index contributed by atoms with van der Waals surface area (Å²) in [5.74, 6) is -0.994. The lowest BCUT2D eigenvalue weighted by Crippen LogP contribution is -2.38. The zero-order chi connectivity index (χ0) is 17.0. The van der Waals surface area contributed by atoms with Crippen LogP contribution in [0, 0.1) is 0 Å². The van der Waals surface area contributed by atoms with E-state index in [0.29, 0.717) is 30.3 Å². The summed E-state index contributed by atoms with van der Waals surface area (Å²) >= 11 is 0. The first kappa shape index (κ1) is 17.1. The fraction of sp³-hybridized carbons (Fsp3) is 0.500. The van der Waals surface area contributed by atoms with E-state index in [4.69, 9.17) is 14.6 Å². The first-order valence-electron chi connectivity index (χ1n) is 7.52. The Bertz CT molecular complexity index is 606. The number of carboxylic acids is 1. The van der Waals surface area contributed by atoms with Crippen molar-refractivity contribution in [1.82, 2.24) is 4.90 Å². The lowest BCUT2D eigenvalue weighted by atomic mass is 10.1. The number of carboxylic acid groups (broad SMARTS) is 1. The number of amides is 1. The highest BCUT2D eigenvalue weighted by Gasteiger charge is 2.47. The number of nitrogens with zero attached hydrogens (tertiary/aromatic N) is 1. The molecule has 126 valence electrons. The molecule has 2 rings (SSSR count). The summed E-state index contributed by atoms with van der Waals surface area (Å²) in [6.07, 6.45) is -0.205. The molecule has 1 aliphatic rings. The molecular formula is C16H20FNO5. The second-order valence-electron chi connectivity index (χ2n) is 5.27. The number of likely N-dealkylation sites (tertiary alicyclic amines) is 1. The van der Waals surface area contributed by atoms with Gasteiger partial charge in [-0.3, -0.25) is 4.79 Å². The van der Waals surface area contributed by atoms with Gasteiger partial charge in [0.25, 0.3) is 5.91 Å². The SMILES string of the molecule is CCOc1ccc(C(=O)N2CCC(F)(C(=O)O)C2)cc1OCC. The maximum atomic E-state index is 14.1. The Kier molecular flexibility index (Phi) is 5.08. The minimum absolute atomic E-state index is 0.0683. The average Bonchev–Trinajstić information content (AvgIpc) is 2.93. The zero-order valence-electron chi connectivity index (χ0n) is 13.2. The third-order valence-electron chi connectivity index (χ3n) is 3.68. The van der Waals surface area contributed by atoms with Crippen LogP contribution in [0.1, 0.15) is 30.6 Å². The highest BCUT2D eigenvalue weighted by Crippen LogP contribution is 2.31. The number of carbonyl (C=O) groups excluding carboxylic acids is 1. The smallest absolute Gasteiger partial charge is 0.343 e. The Morgan fingerprint density at radius 3 is 2.48 bits per heavy atom. The molecule has 1 atom stereocenters. The Hall–Kier alpha value is -2.31. The van der Waals surface area contributed by atoms with Crippen LogP contribution in [-0.2, 0) is 4.79 Å². The molecule has 1 fully saturated rings. The van der Waals surface area contributed by atoms with Gasteiger partial charge in [-0.2, -0.15) is 0 Å². The second-order valence-corrected chi connectivity index (χ2v) is 5.27. The van der Waals surface area contributed by atoms with Gasteiger partial charge >= 0.3 is 5.97 Å². The van der Waals surface area contributed by atoms with Crippen LogP contribution >= 0.6 is 0 Å². The van der Waals surface area contributed by atoms with Crippen molar-refractivity contribution in [2.24, 2.45) is 0 Å². The van der Waals surface area contributed by atoms with E-state index < -0.39 is 24.1 Å². The van der Waals surface area contributed by atoms with Gasteiger partial charge in [-0.1, -0.05) is 0 Å². The number of carbonyl (C=O) groups is 2. The summed E-state index contributed by atoms with van der Waals surface area (Å²) in [4.78, 5) is 24.6. The maximum Gasteiger partial charge on any atom is 0.343 e. The number of ether oxygens (including phenoxy) is 2. The Balaban J connectivity index is 2.20. The van der Waals surface area contributed by atoms with E-state index in [1.807, 2.05) is 13.8 Å². The minimum Gasteiger partial charge on any atom is -0.490 e. The topological polar surface area (TPSA) is 76.1 Å². The molecule has 0 saturated carbocycles. The van der Waals surface area contributed by atoms with E-state index in [9.17, 15) is 14.0 Å². The number of hydrogen-bond acceptors (Lipinski definition) is 4. The van der Waals surface area contributed by atoms with E-state index in [0.717, 1.165) is 0 Å². The summed E-state index contributed by atoms with van der Waals surface area (Å²) in [5, 5.41) is 8.90. The normalized spacial score (nSPS) is 20.4. The van der Waals surface area contributed by atoms with Crippen LogP contribution in [-0.4, -0.2) is 53.9 Å². The molecule has 7 heteroatoms. The van der Waals surface area contributed by atoms with Crippen molar-refractivity contribution in [2.45, 2.75) is 25.9 Å². The molecule has 0 aliphatic carbocycles. The zero-order valence-corrected chi connectivity index (χ0v) is 13.2. The molecule has 1 aliphatic heterocycles. The van der Waals surface area contributed by atoms with Gasteiger partial charge in [0.15, 0.2) is 11.5 Å². The molecule has 1 unspecified atom stereocenters. The largest absolute Gasteiger partial charge is 0.490 e. The lowest BCUT2D eigenvalue weighted by Gasteiger charge is -2.19. The molecule has 6 nitrogen and oxygen atoms in total. The van der Waals surface area contributed by atoms with E-state index in [-0.39, 0.29) is 13.0 Å².